The smallest absolute Gasteiger partial charge is 0.128 e. The Balaban J connectivity index is 1.81. The van der Waals surface area contributed by atoms with Crippen LogP contribution in [0, 0.1) is 5.92 Å². The molecule has 1 aliphatic carbocycles. The van der Waals surface area contributed by atoms with Gasteiger partial charge in [-0.3, -0.25) is 4.99 Å². The summed E-state index contributed by atoms with van der Waals surface area (Å²) < 4.78 is 0. The molecule has 1 spiro atoms. The van der Waals surface area contributed by atoms with Crippen LogP contribution in [0.1, 0.15) is 12.0 Å². The van der Waals surface area contributed by atoms with Crippen LogP contribution in [-0.2, 0) is 0 Å². The average molecular weight is 262 g/mol. The van der Waals surface area contributed by atoms with E-state index in [1.165, 1.54) is 0 Å². The summed E-state index contributed by atoms with van der Waals surface area (Å²) in [4.78, 5) is 4.45. The Labute approximate surface area is 111 Å². The SMILES string of the molecule is OC[C@H]1C[C@@]2(CN=C(c3ccccc3)N2)[C@@H](O)[C@@H]1O. The van der Waals surface area contributed by atoms with Gasteiger partial charge in [-0.05, 0) is 6.42 Å². The summed E-state index contributed by atoms with van der Waals surface area (Å²) in [5.74, 6) is 0.443. The Morgan fingerprint density at radius 2 is 2.00 bits per heavy atom. The molecule has 19 heavy (non-hydrogen) atoms. The molecule has 1 saturated carbocycles. The van der Waals surface area contributed by atoms with E-state index in [4.69, 9.17) is 0 Å². The highest BCUT2D eigenvalue weighted by atomic mass is 16.3. The fraction of sp³-hybridized carbons (Fsp3) is 0.500. The molecule has 4 N–H and O–H groups in total. The van der Waals surface area contributed by atoms with Crippen molar-refractivity contribution in [2.75, 3.05) is 13.2 Å². The van der Waals surface area contributed by atoms with Crippen molar-refractivity contribution in [1.82, 2.24) is 5.32 Å². The van der Waals surface area contributed by atoms with Gasteiger partial charge in [-0.25, -0.2) is 0 Å². The van der Waals surface area contributed by atoms with E-state index < -0.39 is 17.7 Å². The molecular formula is C14H18N2O3. The van der Waals surface area contributed by atoms with Gasteiger partial charge in [0.05, 0.1) is 18.2 Å². The maximum atomic E-state index is 10.2. The van der Waals surface area contributed by atoms with Crippen LogP contribution in [0.4, 0.5) is 0 Å². The van der Waals surface area contributed by atoms with Crippen LogP contribution in [0.25, 0.3) is 0 Å². The average Bonchev–Trinajstić information content (AvgIpc) is 2.98. The zero-order chi connectivity index (χ0) is 13.5. The molecule has 5 nitrogen and oxygen atoms in total. The third-order valence-electron chi connectivity index (χ3n) is 4.17. The third kappa shape index (κ3) is 1.94. The second-order valence-corrected chi connectivity index (χ2v) is 5.39. The molecule has 2 aliphatic rings. The number of nitrogens with zero attached hydrogens (tertiary/aromatic N) is 1. The Morgan fingerprint density at radius 1 is 1.26 bits per heavy atom. The molecule has 1 fully saturated rings. The molecule has 0 amide bonds. The predicted molar refractivity (Wildman–Crippen MR) is 70.9 cm³/mol. The molecule has 0 bridgehead atoms. The quantitative estimate of drug-likeness (QED) is 0.579. The fourth-order valence-corrected chi connectivity index (χ4v) is 3.04. The Kier molecular flexibility index (Phi) is 3.05. The van der Waals surface area contributed by atoms with Gasteiger partial charge < -0.3 is 20.6 Å². The highest BCUT2D eigenvalue weighted by Crippen LogP contribution is 2.37. The van der Waals surface area contributed by atoms with E-state index in [-0.39, 0.29) is 12.5 Å². The maximum absolute atomic E-state index is 10.2. The van der Waals surface area contributed by atoms with Crippen molar-refractivity contribution >= 4 is 5.84 Å². The first-order valence-electron chi connectivity index (χ1n) is 6.51. The van der Waals surface area contributed by atoms with Crippen LogP contribution in [0.15, 0.2) is 35.3 Å². The molecule has 5 heteroatoms. The number of hydrogen-bond acceptors (Lipinski definition) is 5. The standard InChI is InChI=1S/C14H18N2O3/c17-7-10-6-14(12(19)11(10)18)8-15-13(16-14)9-4-2-1-3-5-9/h1-5,10-12,17-19H,6-8H2,(H,15,16)/t10-,11-,12+,14-/m1/s1. The molecule has 1 heterocycles. The van der Waals surface area contributed by atoms with Crippen LogP contribution < -0.4 is 5.32 Å². The maximum Gasteiger partial charge on any atom is 0.128 e. The predicted octanol–water partition coefficient (Wildman–Crippen LogP) is -0.491. The van der Waals surface area contributed by atoms with Crippen molar-refractivity contribution in [2.24, 2.45) is 10.9 Å². The number of aliphatic imine (C=N–C) groups is 1. The summed E-state index contributed by atoms with van der Waals surface area (Å²) in [6, 6.07) is 9.70. The van der Waals surface area contributed by atoms with E-state index in [2.05, 4.69) is 10.3 Å². The molecule has 1 aliphatic heterocycles. The first-order valence-corrected chi connectivity index (χ1v) is 6.51. The second-order valence-electron chi connectivity index (χ2n) is 5.39. The topological polar surface area (TPSA) is 85.1 Å². The molecule has 0 aromatic heterocycles. The molecular weight excluding hydrogens is 244 g/mol. The van der Waals surface area contributed by atoms with Crippen molar-refractivity contribution in [1.29, 1.82) is 0 Å². The minimum absolute atomic E-state index is 0.123. The van der Waals surface area contributed by atoms with E-state index in [0.717, 1.165) is 11.4 Å². The number of benzene rings is 1. The van der Waals surface area contributed by atoms with Crippen molar-refractivity contribution in [3.8, 4) is 0 Å². The number of aliphatic hydroxyl groups excluding tert-OH is 3. The monoisotopic (exact) mass is 262 g/mol. The lowest BCUT2D eigenvalue weighted by Gasteiger charge is -2.28. The number of hydrogen-bond donors (Lipinski definition) is 4. The van der Waals surface area contributed by atoms with E-state index in [1.807, 2.05) is 30.3 Å². The van der Waals surface area contributed by atoms with Crippen LogP contribution in [0.2, 0.25) is 0 Å². The van der Waals surface area contributed by atoms with E-state index in [9.17, 15) is 15.3 Å². The third-order valence-corrected chi connectivity index (χ3v) is 4.17. The summed E-state index contributed by atoms with van der Waals surface area (Å²) in [6.07, 6.45) is -1.29. The lowest BCUT2D eigenvalue weighted by Crippen LogP contribution is -2.54. The first-order chi connectivity index (χ1) is 9.16. The van der Waals surface area contributed by atoms with Crippen molar-refractivity contribution in [3.63, 3.8) is 0 Å². The summed E-state index contributed by atoms with van der Waals surface area (Å²) in [6.45, 7) is 0.300. The van der Waals surface area contributed by atoms with Gasteiger partial charge in [0.25, 0.3) is 0 Å². The van der Waals surface area contributed by atoms with Crippen LogP contribution >= 0.6 is 0 Å². The van der Waals surface area contributed by atoms with Crippen molar-refractivity contribution in [3.05, 3.63) is 35.9 Å². The summed E-state index contributed by atoms with van der Waals surface area (Å²) in [5.41, 5.74) is 0.325. The van der Waals surface area contributed by atoms with Crippen LogP contribution in [0.3, 0.4) is 0 Å². The second kappa shape index (κ2) is 4.59. The van der Waals surface area contributed by atoms with Gasteiger partial charge in [-0.1, -0.05) is 30.3 Å². The minimum Gasteiger partial charge on any atom is -0.396 e. The number of rotatable bonds is 2. The Hall–Kier alpha value is -1.43. The van der Waals surface area contributed by atoms with Gasteiger partial charge >= 0.3 is 0 Å². The van der Waals surface area contributed by atoms with E-state index in [1.54, 1.807) is 0 Å². The van der Waals surface area contributed by atoms with Crippen LogP contribution in [-0.4, -0.2) is 52.1 Å². The zero-order valence-electron chi connectivity index (χ0n) is 10.5. The van der Waals surface area contributed by atoms with Gasteiger partial charge in [0.2, 0.25) is 0 Å². The van der Waals surface area contributed by atoms with Crippen molar-refractivity contribution < 1.29 is 15.3 Å². The highest BCUT2D eigenvalue weighted by molar-refractivity contribution is 6.00. The number of amidine groups is 1. The highest BCUT2D eigenvalue weighted by Gasteiger charge is 2.54. The minimum atomic E-state index is -0.908. The number of aliphatic hydroxyl groups is 3. The lowest BCUT2D eigenvalue weighted by molar-refractivity contribution is -0.0122. The van der Waals surface area contributed by atoms with Gasteiger partial charge in [0.1, 0.15) is 11.9 Å². The summed E-state index contributed by atoms with van der Waals surface area (Å²) in [7, 11) is 0. The molecule has 4 atom stereocenters. The summed E-state index contributed by atoms with van der Waals surface area (Å²) >= 11 is 0. The molecule has 0 radical (unpaired) electrons. The van der Waals surface area contributed by atoms with E-state index >= 15 is 0 Å². The normalized spacial score (nSPS) is 37.4. The molecule has 0 saturated heterocycles. The molecule has 3 rings (SSSR count). The van der Waals surface area contributed by atoms with Crippen LogP contribution in [0.5, 0.6) is 0 Å². The van der Waals surface area contributed by atoms with Gasteiger partial charge in [-0.2, -0.15) is 0 Å². The van der Waals surface area contributed by atoms with Gasteiger partial charge in [0.15, 0.2) is 0 Å². The molecule has 102 valence electrons. The Bertz CT molecular complexity index is 491. The zero-order valence-corrected chi connectivity index (χ0v) is 10.5. The van der Waals surface area contributed by atoms with Gasteiger partial charge in [0, 0.05) is 18.1 Å². The molecule has 1 aromatic carbocycles. The summed E-state index contributed by atoms with van der Waals surface area (Å²) in [5, 5.41) is 32.7. The largest absolute Gasteiger partial charge is 0.396 e. The van der Waals surface area contributed by atoms with Gasteiger partial charge in [-0.15, -0.1) is 0 Å². The van der Waals surface area contributed by atoms with E-state index in [0.29, 0.717) is 13.0 Å². The Morgan fingerprint density at radius 3 is 2.63 bits per heavy atom. The molecule has 0 unspecified atom stereocenters. The fourth-order valence-electron chi connectivity index (χ4n) is 3.04. The number of nitrogens with one attached hydrogen (secondary N) is 1. The van der Waals surface area contributed by atoms with Crippen molar-refractivity contribution in [2.45, 2.75) is 24.2 Å². The first kappa shape index (κ1) is 12.6. The lowest BCUT2D eigenvalue weighted by atomic mass is 9.95. The molecule has 1 aromatic rings.